The average Bonchev–Trinajstić information content (AvgIpc) is 3.15. The molecule has 1 amide bonds. The van der Waals surface area contributed by atoms with Crippen molar-refractivity contribution < 1.29 is 9.53 Å². The van der Waals surface area contributed by atoms with Crippen molar-refractivity contribution >= 4 is 11.6 Å². The fourth-order valence-electron chi connectivity index (χ4n) is 2.89. The monoisotopic (exact) mass is 325 g/mol. The van der Waals surface area contributed by atoms with E-state index in [0.29, 0.717) is 24.6 Å². The molecule has 0 radical (unpaired) electrons. The summed E-state index contributed by atoms with van der Waals surface area (Å²) in [5, 5.41) is 2.93. The Morgan fingerprint density at radius 3 is 2.67 bits per heavy atom. The van der Waals surface area contributed by atoms with Crippen molar-refractivity contribution in [2.45, 2.75) is 26.3 Å². The summed E-state index contributed by atoms with van der Waals surface area (Å²) >= 11 is 0. The second-order valence-electron chi connectivity index (χ2n) is 5.83. The Kier molecular flexibility index (Phi) is 5.31. The molecular weight excluding hydrogens is 302 g/mol. The van der Waals surface area contributed by atoms with Crippen molar-refractivity contribution in [3.05, 3.63) is 53.7 Å². The van der Waals surface area contributed by atoms with Crippen LogP contribution in [0.4, 0.5) is 5.69 Å². The van der Waals surface area contributed by atoms with E-state index in [4.69, 9.17) is 4.74 Å². The Morgan fingerprint density at radius 1 is 1.21 bits per heavy atom. The quantitative estimate of drug-likeness (QED) is 0.887. The van der Waals surface area contributed by atoms with Crippen molar-refractivity contribution in [2.24, 2.45) is 0 Å². The first-order valence-electron chi connectivity index (χ1n) is 8.48. The summed E-state index contributed by atoms with van der Waals surface area (Å²) in [4.78, 5) is 18.9. The highest BCUT2D eigenvalue weighted by atomic mass is 16.5. The summed E-state index contributed by atoms with van der Waals surface area (Å²) in [7, 11) is 0. The van der Waals surface area contributed by atoms with Gasteiger partial charge in [-0.1, -0.05) is 12.1 Å². The molecule has 1 aliphatic heterocycles. The number of hydrogen-bond donors (Lipinski definition) is 1. The Morgan fingerprint density at radius 2 is 1.96 bits per heavy atom. The van der Waals surface area contributed by atoms with Crippen molar-refractivity contribution in [2.75, 3.05) is 24.6 Å². The maximum absolute atomic E-state index is 12.4. The number of carbonyl (C=O) groups is 1. The topological polar surface area (TPSA) is 54.5 Å². The van der Waals surface area contributed by atoms with Gasteiger partial charge in [0.25, 0.3) is 5.91 Å². The Labute approximate surface area is 142 Å². The third-order valence-corrected chi connectivity index (χ3v) is 4.16. The smallest absolute Gasteiger partial charge is 0.257 e. The maximum Gasteiger partial charge on any atom is 0.257 e. The van der Waals surface area contributed by atoms with Gasteiger partial charge in [0.1, 0.15) is 5.56 Å². The van der Waals surface area contributed by atoms with Crippen molar-refractivity contribution in [3.8, 4) is 5.88 Å². The first-order chi connectivity index (χ1) is 11.8. The summed E-state index contributed by atoms with van der Waals surface area (Å²) in [6.45, 7) is 5.11. The fourth-order valence-corrected chi connectivity index (χ4v) is 2.89. The first kappa shape index (κ1) is 16.3. The van der Waals surface area contributed by atoms with E-state index in [-0.39, 0.29) is 5.91 Å². The molecule has 0 atom stereocenters. The van der Waals surface area contributed by atoms with Crippen LogP contribution in [0.3, 0.4) is 0 Å². The molecule has 0 aliphatic carbocycles. The molecule has 0 unspecified atom stereocenters. The summed E-state index contributed by atoms with van der Waals surface area (Å²) in [5.41, 5.74) is 2.80. The van der Waals surface area contributed by atoms with Crippen LogP contribution >= 0.6 is 0 Å². The lowest BCUT2D eigenvalue weighted by molar-refractivity contribution is 0.0946. The number of hydrogen-bond acceptors (Lipinski definition) is 4. The Hall–Kier alpha value is -2.56. The van der Waals surface area contributed by atoms with Crippen LogP contribution in [-0.4, -0.2) is 30.6 Å². The van der Waals surface area contributed by atoms with Gasteiger partial charge in [0.05, 0.1) is 6.61 Å². The molecule has 0 bridgehead atoms. The summed E-state index contributed by atoms with van der Waals surface area (Å²) in [6, 6.07) is 11.9. The molecule has 24 heavy (non-hydrogen) atoms. The number of pyridine rings is 1. The van der Waals surface area contributed by atoms with E-state index in [1.165, 1.54) is 18.5 Å². The average molecular weight is 325 g/mol. The molecule has 2 heterocycles. The molecule has 5 heteroatoms. The van der Waals surface area contributed by atoms with Crippen LogP contribution in [0, 0.1) is 0 Å². The SMILES string of the molecule is CCOc1ncccc1C(=O)NCc1ccc(N2CCCC2)cc1. The minimum Gasteiger partial charge on any atom is -0.477 e. The van der Waals surface area contributed by atoms with Gasteiger partial charge in [0.2, 0.25) is 5.88 Å². The van der Waals surface area contributed by atoms with Gasteiger partial charge in [0.15, 0.2) is 0 Å². The predicted octanol–water partition coefficient (Wildman–Crippen LogP) is 3.01. The van der Waals surface area contributed by atoms with Gasteiger partial charge in [-0.25, -0.2) is 4.98 Å². The molecule has 1 aromatic heterocycles. The maximum atomic E-state index is 12.4. The lowest BCUT2D eigenvalue weighted by atomic mass is 10.2. The summed E-state index contributed by atoms with van der Waals surface area (Å²) in [6.07, 6.45) is 4.16. The molecule has 2 aromatic rings. The van der Waals surface area contributed by atoms with Gasteiger partial charge >= 0.3 is 0 Å². The van der Waals surface area contributed by atoms with Crippen LogP contribution in [0.25, 0.3) is 0 Å². The molecule has 5 nitrogen and oxygen atoms in total. The van der Waals surface area contributed by atoms with Gasteiger partial charge in [-0.3, -0.25) is 4.79 Å². The van der Waals surface area contributed by atoms with Crippen molar-refractivity contribution in [3.63, 3.8) is 0 Å². The molecule has 1 fully saturated rings. The highest BCUT2D eigenvalue weighted by Crippen LogP contribution is 2.20. The van der Waals surface area contributed by atoms with E-state index in [1.807, 2.05) is 6.92 Å². The highest BCUT2D eigenvalue weighted by molar-refractivity contribution is 5.96. The third kappa shape index (κ3) is 3.85. The number of carbonyl (C=O) groups excluding carboxylic acids is 1. The lowest BCUT2D eigenvalue weighted by Gasteiger charge is -2.17. The Bertz CT molecular complexity index is 679. The number of anilines is 1. The molecular formula is C19H23N3O2. The van der Waals surface area contributed by atoms with Crippen LogP contribution in [0.5, 0.6) is 5.88 Å². The third-order valence-electron chi connectivity index (χ3n) is 4.16. The molecule has 126 valence electrons. The van der Waals surface area contributed by atoms with Gasteiger partial charge in [-0.15, -0.1) is 0 Å². The zero-order valence-corrected chi connectivity index (χ0v) is 14.0. The second-order valence-corrected chi connectivity index (χ2v) is 5.83. The lowest BCUT2D eigenvalue weighted by Crippen LogP contribution is -2.24. The van der Waals surface area contributed by atoms with E-state index >= 15 is 0 Å². The van der Waals surface area contributed by atoms with Crippen LogP contribution in [0.2, 0.25) is 0 Å². The molecule has 3 rings (SSSR count). The van der Waals surface area contributed by atoms with Crippen LogP contribution in [0.1, 0.15) is 35.7 Å². The van der Waals surface area contributed by atoms with E-state index < -0.39 is 0 Å². The number of ether oxygens (including phenoxy) is 1. The number of amides is 1. The number of rotatable bonds is 6. The van der Waals surface area contributed by atoms with Crippen LogP contribution in [0.15, 0.2) is 42.6 Å². The number of nitrogens with one attached hydrogen (secondary N) is 1. The minimum absolute atomic E-state index is 0.171. The minimum atomic E-state index is -0.171. The largest absolute Gasteiger partial charge is 0.477 e. The normalized spacial score (nSPS) is 13.8. The standard InChI is InChI=1S/C19H23N3O2/c1-2-24-19-17(6-5-11-20-19)18(23)21-14-15-7-9-16(10-8-15)22-12-3-4-13-22/h5-11H,2-4,12-14H2,1H3,(H,21,23). The zero-order valence-electron chi connectivity index (χ0n) is 14.0. The molecule has 1 saturated heterocycles. The highest BCUT2D eigenvalue weighted by Gasteiger charge is 2.14. The molecule has 0 spiro atoms. The summed E-state index contributed by atoms with van der Waals surface area (Å²) < 4.78 is 5.41. The molecule has 1 aliphatic rings. The van der Waals surface area contributed by atoms with Crippen molar-refractivity contribution in [1.29, 1.82) is 0 Å². The van der Waals surface area contributed by atoms with E-state index in [1.54, 1.807) is 18.3 Å². The fraction of sp³-hybridized carbons (Fsp3) is 0.368. The van der Waals surface area contributed by atoms with Crippen LogP contribution < -0.4 is 15.0 Å². The molecule has 0 saturated carbocycles. The molecule has 1 aromatic carbocycles. The predicted molar refractivity (Wildman–Crippen MR) is 94.5 cm³/mol. The number of nitrogens with zero attached hydrogens (tertiary/aromatic N) is 2. The molecule has 1 N–H and O–H groups in total. The zero-order chi connectivity index (χ0) is 16.8. The second kappa shape index (κ2) is 7.81. The summed E-state index contributed by atoms with van der Waals surface area (Å²) in [5.74, 6) is 0.206. The van der Waals surface area contributed by atoms with E-state index in [0.717, 1.165) is 18.7 Å². The van der Waals surface area contributed by atoms with Crippen molar-refractivity contribution in [1.82, 2.24) is 10.3 Å². The number of aromatic nitrogens is 1. The van der Waals surface area contributed by atoms with Gasteiger partial charge < -0.3 is 15.0 Å². The van der Waals surface area contributed by atoms with E-state index in [2.05, 4.69) is 39.5 Å². The van der Waals surface area contributed by atoms with Gasteiger partial charge in [-0.05, 0) is 49.6 Å². The van der Waals surface area contributed by atoms with Gasteiger partial charge in [0, 0.05) is 31.5 Å². The number of benzene rings is 1. The first-order valence-corrected chi connectivity index (χ1v) is 8.48. The van der Waals surface area contributed by atoms with Crippen LogP contribution in [-0.2, 0) is 6.54 Å². The Balaban J connectivity index is 1.60. The van der Waals surface area contributed by atoms with E-state index in [9.17, 15) is 4.79 Å². The van der Waals surface area contributed by atoms with Gasteiger partial charge in [-0.2, -0.15) is 0 Å².